The number of aromatic nitrogens is 1. The number of anilines is 1. The van der Waals surface area contributed by atoms with Gasteiger partial charge in [-0.25, -0.2) is 9.59 Å². The smallest absolute Gasteiger partial charge is 0.402 e. The number of carboxylic acid groups (broad SMARTS) is 2. The number of primary amides is 1. The van der Waals surface area contributed by atoms with Gasteiger partial charge in [0.2, 0.25) is 0 Å². The average Bonchev–Trinajstić information content (AvgIpc) is 2.99. The minimum Gasteiger partial charge on any atom is -0.478 e. The third-order valence-corrected chi connectivity index (χ3v) is 3.28. The van der Waals surface area contributed by atoms with E-state index in [-0.39, 0.29) is 5.56 Å². The molecular formula is C18H22N4O4. The van der Waals surface area contributed by atoms with Gasteiger partial charge < -0.3 is 32.4 Å². The van der Waals surface area contributed by atoms with Gasteiger partial charge in [0, 0.05) is 22.8 Å². The molecule has 26 heavy (non-hydrogen) atoms. The predicted octanol–water partition coefficient (Wildman–Crippen LogP) is 2.26. The molecule has 8 heteroatoms. The molecule has 3 rings (SSSR count). The Morgan fingerprint density at radius 1 is 1.00 bits per heavy atom. The summed E-state index contributed by atoms with van der Waals surface area (Å²) in [7, 11) is 0. The Balaban J connectivity index is 0.000000220. The monoisotopic (exact) mass is 358 g/mol. The van der Waals surface area contributed by atoms with E-state index in [0.29, 0.717) is 12.2 Å². The number of amides is 1. The molecule has 0 bridgehead atoms. The van der Waals surface area contributed by atoms with E-state index >= 15 is 0 Å². The summed E-state index contributed by atoms with van der Waals surface area (Å²) >= 11 is 0. The highest BCUT2D eigenvalue weighted by Gasteiger charge is 2.04. The molecule has 0 saturated heterocycles. The maximum Gasteiger partial charge on any atom is 0.402 e. The van der Waals surface area contributed by atoms with Crippen LogP contribution in [-0.2, 0) is 6.42 Å². The molecule has 0 unspecified atom stereocenters. The zero-order chi connectivity index (χ0) is 19.5. The fourth-order valence-corrected chi connectivity index (χ4v) is 2.19. The third-order valence-electron chi connectivity index (χ3n) is 3.28. The number of benzene rings is 2. The van der Waals surface area contributed by atoms with Crippen LogP contribution in [0, 0.1) is 0 Å². The number of hydrogen-bond acceptors (Lipinski definition) is 4. The lowest BCUT2D eigenvalue weighted by Crippen LogP contribution is -2.03. The number of aromatic amines is 1. The summed E-state index contributed by atoms with van der Waals surface area (Å²) in [5.74, 6) is -0.988. The predicted molar refractivity (Wildman–Crippen MR) is 101 cm³/mol. The van der Waals surface area contributed by atoms with Crippen LogP contribution >= 0.6 is 0 Å². The van der Waals surface area contributed by atoms with Crippen LogP contribution in [-0.4, -0.2) is 33.8 Å². The molecule has 138 valence electrons. The maximum atomic E-state index is 10.3. The molecule has 1 aromatic heterocycles. The summed E-state index contributed by atoms with van der Waals surface area (Å²) in [6, 6.07) is 14.6. The van der Waals surface area contributed by atoms with Gasteiger partial charge in [0.05, 0.1) is 5.56 Å². The van der Waals surface area contributed by atoms with Crippen molar-refractivity contribution in [2.24, 2.45) is 11.5 Å². The number of carboxylic acids is 1. The van der Waals surface area contributed by atoms with Crippen LogP contribution in [0.4, 0.5) is 10.5 Å². The van der Waals surface area contributed by atoms with Crippen LogP contribution < -0.4 is 17.2 Å². The Labute approximate surface area is 150 Å². The van der Waals surface area contributed by atoms with Crippen LogP contribution in [0.1, 0.15) is 15.9 Å². The molecule has 0 radical (unpaired) electrons. The van der Waals surface area contributed by atoms with E-state index in [1.54, 1.807) is 18.2 Å². The molecule has 0 fully saturated rings. The van der Waals surface area contributed by atoms with E-state index in [1.807, 2.05) is 12.3 Å². The van der Waals surface area contributed by atoms with Crippen molar-refractivity contribution in [2.75, 3.05) is 12.3 Å². The van der Waals surface area contributed by atoms with Crippen molar-refractivity contribution in [2.45, 2.75) is 6.42 Å². The summed E-state index contributed by atoms with van der Waals surface area (Å²) in [5.41, 5.74) is 17.8. The fourth-order valence-electron chi connectivity index (χ4n) is 2.19. The summed E-state index contributed by atoms with van der Waals surface area (Å²) in [6.45, 7) is 0.710. The van der Waals surface area contributed by atoms with Gasteiger partial charge in [-0.15, -0.1) is 0 Å². The van der Waals surface area contributed by atoms with Crippen molar-refractivity contribution in [3.8, 4) is 0 Å². The Morgan fingerprint density at radius 3 is 2.12 bits per heavy atom. The van der Waals surface area contributed by atoms with Gasteiger partial charge in [0.1, 0.15) is 0 Å². The zero-order valence-electron chi connectivity index (χ0n) is 14.1. The number of carbonyl (C=O) groups is 2. The van der Waals surface area contributed by atoms with Crippen LogP contribution in [0.3, 0.4) is 0 Å². The summed E-state index contributed by atoms with van der Waals surface area (Å²) in [6.07, 6.45) is 1.65. The van der Waals surface area contributed by atoms with E-state index in [1.165, 1.54) is 22.5 Å². The minimum atomic E-state index is -1.33. The highest BCUT2D eigenvalue weighted by molar-refractivity contribution is 5.93. The SMILES string of the molecule is NC(=O)O.NCCc1c[nH]c2ccccc12.Nc1ccccc1C(=O)O. The topological polar surface area (TPSA) is 168 Å². The molecule has 2 aromatic carbocycles. The summed E-state index contributed by atoms with van der Waals surface area (Å²) in [4.78, 5) is 22.3. The van der Waals surface area contributed by atoms with Crippen molar-refractivity contribution in [3.05, 3.63) is 65.9 Å². The van der Waals surface area contributed by atoms with E-state index in [0.717, 1.165) is 6.42 Å². The number of aromatic carboxylic acids is 1. The first kappa shape index (κ1) is 20.5. The van der Waals surface area contributed by atoms with Gasteiger partial charge in [0.15, 0.2) is 0 Å². The number of nitrogens with two attached hydrogens (primary N) is 3. The molecule has 1 amide bonds. The lowest BCUT2D eigenvalue weighted by molar-refractivity contribution is 0.0698. The van der Waals surface area contributed by atoms with Crippen molar-refractivity contribution in [1.82, 2.24) is 4.98 Å². The average molecular weight is 358 g/mol. The largest absolute Gasteiger partial charge is 0.478 e. The molecule has 0 aliphatic carbocycles. The van der Waals surface area contributed by atoms with Crippen molar-refractivity contribution in [1.29, 1.82) is 0 Å². The molecule has 0 saturated carbocycles. The van der Waals surface area contributed by atoms with E-state index < -0.39 is 12.1 Å². The molecule has 1 heterocycles. The normalized spacial score (nSPS) is 9.42. The van der Waals surface area contributed by atoms with Crippen molar-refractivity contribution < 1.29 is 19.8 Å². The number of nitrogens with one attached hydrogen (secondary N) is 1. The number of rotatable bonds is 3. The second-order valence-electron chi connectivity index (χ2n) is 5.13. The van der Waals surface area contributed by atoms with Crippen LogP contribution in [0.25, 0.3) is 10.9 Å². The fraction of sp³-hybridized carbons (Fsp3) is 0.111. The Bertz CT molecular complexity index is 857. The van der Waals surface area contributed by atoms with Crippen molar-refractivity contribution >= 4 is 28.7 Å². The standard InChI is InChI=1S/C10H12N2.C7H7NO2.CH3NO2/c11-6-5-8-7-12-10-4-2-1-3-9(8)10;8-6-4-2-1-3-5(6)7(9)10;2-1(3)4/h1-4,7,12H,5-6,11H2;1-4H,8H2,(H,9,10);2H2,(H,3,4). The van der Waals surface area contributed by atoms with E-state index in [9.17, 15) is 4.79 Å². The number of nitrogen functional groups attached to an aromatic ring is 1. The Hall–Kier alpha value is -3.52. The number of para-hydroxylation sites is 2. The van der Waals surface area contributed by atoms with Crippen LogP contribution in [0.5, 0.6) is 0 Å². The van der Waals surface area contributed by atoms with Gasteiger partial charge in [-0.2, -0.15) is 0 Å². The molecule has 8 nitrogen and oxygen atoms in total. The third kappa shape index (κ3) is 6.54. The van der Waals surface area contributed by atoms with E-state index in [4.69, 9.17) is 26.5 Å². The molecular weight excluding hydrogens is 336 g/mol. The first-order valence-electron chi connectivity index (χ1n) is 7.68. The highest BCUT2D eigenvalue weighted by atomic mass is 16.4. The molecule has 0 aliphatic rings. The zero-order valence-corrected chi connectivity index (χ0v) is 14.1. The summed E-state index contributed by atoms with van der Waals surface area (Å²) in [5, 5.41) is 17.0. The Morgan fingerprint density at radius 2 is 1.58 bits per heavy atom. The lowest BCUT2D eigenvalue weighted by Gasteiger charge is -1.96. The van der Waals surface area contributed by atoms with Crippen molar-refractivity contribution in [3.63, 3.8) is 0 Å². The Kier molecular flexibility index (Phi) is 8.18. The molecule has 0 spiro atoms. The molecule has 9 N–H and O–H groups in total. The molecule has 0 aliphatic heterocycles. The van der Waals surface area contributed by atoms with Gasteiger partial charge in [-0.3, -0.25) is 0 Å². The lowest BCUT2D eigenvalue weighted by atomic mass is 10.1. The van der Waals surface area contributed by atoms with E-state index in [2.05, 4.69) is 28.9 Å². The first-order chi connectivity index (χ1) is 12.4. The molecule has 3 aromatic rings. The summed E-state index contributed by atoms with van der Waals surface area (Å²) < 4.78 is 0. The first-order valence-corrected chi connectivity index (χ1v) is 7.68. The quantitative estimate of drug-likeness (QED) is 0.392. The highest BCUT2D eigenvalue weighted by Crippen LogP contribution is 2.17. The van der Waals surface area contributed by atoms with Crippen LogP contribution in [0.2, 0.25) is 0 Å². The van der Waals surface area contributed by atoms with Gasteiger partial charge in [-0.05, 0) is 36.7 Å². The number of fused-ring (bicyclic) bond motifs is 1. The minimum absolute atomic E-state index is 0.155. The molecule has 0 atom stereocenters. The number of hydrogen-bond donors (Lipinski definition) is 6. The van der Waals surface area contributed by atoms with Gasteiger partial charge >= 0.3 is 12.1 Å². The second kappa shape index (κ2) is 10.4. The van der Waals surface area contributed by atoms with Gasteiger partial charge in [0.25, 0.3) is 0 Å². The maximum absolute atomic E-state index is 10.3. The second-order valence-corrected chi connectivity index (χ2v) is 5.13. The van der Waals surface area contributed by atoms with Gasteiger partial charge in [-0.1, -0.05) is 30.3 Å². The number of H-pyrrole nitrogens is 1. The van der Waals surface area contributed by atoms with Crippen LogP contribution in [0.15, 0.2) is 54.7 Å².